The number of aromatic hydroxyl groups is 1. The van der Waals surface area contributed by atoms with Crippen molar-refractivity contribution in [2.75, 3.05) is 60.0 Å². The van der Waals surface area contributed by atoms with E-state index in [9.17, 15) is 37.6 Å². The van der Waals surface area contributed by atoms with E-state index in [1.807, 2.05) is 6.92 Å². The quantitative estimate of drug-likeness (QED) is 0.00734. The number of halogens is 1. The summed E-state index contributed by atoms with van der Waals surface area (Å²) in [5.74, 6) is -0.749. The number of carbonyl (C=O) groups is 1. The number of rotatable bonds is 18. The van der Waals surface area contributed by atoms with Crippen LogP contribution in [-0.4, -0.2) is 88.5 Å². The lowest BCUT2D eigenvalue weighted by Gasteiger charge is -2.15. The van der Waals surface area contributed by atoms with Crippen LogP contribution in [0.2, 0.25) is 0 Å². The van der Waals surface area contributed by atoms with Gasteiger partial charge in [-0.15, -0.1) is 10.2 Å². The summed E-state index contributed by atoms with van der Waals surface area (Å²) in [4.78, 5) is 26.7. The third-order valence-corrected chi connectivity index (χ3v) is 9.01. The number of nitriles is 1. The molecule has 21 nitrogen and oxygen atoms in total. The molecule has 23 heteroatoms. The number of carbonyl (C=O) groups excluding carboxylic acids is 1. The molecule has 0 saturated carbocycles. The van der Waals surface area contributed by atoms with E-state index in [-0.39, 0.29) is 65.5 Å². The molecule has 0 spiro atoms. The fourth-order valence-corrected chi connectivity index (χ4v) is 5.84. The van der Waals surface area contributed by atoms with Gasteiger partial charge in [0.25, 0.3) is 10.1 Å². The Labute approximate surface area is 342 Å². The van der Waals surface area contributed by atoms with Crippen LogP contribution in [0.4, 0.5) is 50.7 Å². The summed E-state index contributed by atoms with van der Waals surface area (Å²) in [7, 11) is -3.41. The zero-order valence-corrected chi connectivity index (χ0v) is 33.0. The van der Waals surface area contributed by atoms with Crippen molar-refractivity contribution in [3.05, 3.63) is 94.6 Å². The van der Waals surface area contributed by atoms with Gasteiger partial charge in [-0.1, -0.05) is 36.4 Å². The molecule has 2 aromatic heterocycles. The van der Waals surface area contributed by atoms with Crippen LogP contribution >= 0.6 is 0 Å². The molecule has 2 heterocycles. The minimum atomic E-state index is -4.88. The van der Waals surface area contributed by atoms with Crippen LogP contribution in [0.1, 0.15) is 39.0 Å². The van der Waals surface area contributed by atoms with Gasteiger partial charge in [-0.05, 0) is 50.1 Å². The van der Waals surface area contributed by atoms with Gasteiger partial charge in [0.05, 0.1) is 28.4 Å². The van der Waals surface area contributed by atoms with Crippen LogP contribution in [0.25, 0.3) is 0 Å². The Morgan fingerprint density at radius 3 is 2.33 bits per heavy atom. The van der Waals surface area contributed by atoms with Gasteiger partial charge in [0.2, 0.25) is 17.7 Å². The number of anilines is 6. The molecule has 310 valence electrons. The molecule has 0 unspecified atom stereocenters. The maximum atomic E-state index is 14.7. The predicted octanol–water partition coefficient (Wildman–Crippen LogP) is 5.99. The first kappa shape index (κ1) is 43.6. The van der Waals surface area contributed by atoms with Gasteiger partial charge >= 0.3 is 6.08 Å². The first-order valence-electron chi connectivity index (χ1n) is 17.8. The van der Waals surface area contributed by atoms with E-state index in [2.05, 4.69) is 78.3 Å². The molecule has 0 aliphatic rings. The number of benzene rings is 3. The molecule has 8 N–H and O–H groups in total. The van der Waals surface area contributed by atoms with Crippen molar-refractivity contribution in [3.8, 4) is 11.8 Å². The van der Waals surface area contributed by atoms with Crippen molar-refractivity contribution in [3.63, 3.8) is 0 Å². The summed E-state index contributed by atoms with van der Waals surface area (Å²) in [5.41, 5.74) is 4.76. The van der Waals surface area contributed by atoms with E-state index in [4.69, 9.17) is 0 Å². The third-order valence-electron chi connectivity index (χ3n) is 8.18. The number of azo groups is 2. The second kappa shape index (κ2) is 20.2. The fourth-order valence-electron chi connectivity index (χ4n) is 5.30. The average Bonchev–Trinajstić information content (AvgIpc) is 3.22. The second-order valence-electron chi connectivity index (χ2n) is 12.4. The van der Waals surface area contributed by atoms with Crippen LogP contribution in [0, 0.1) is 31.3 Å². The smallest absolute Gasteiger partial charge is 0.315 e. The zero-order chi connectivity index (χ0) is 43.2. The molecule has 5 aromatic rings. The molecule has 0 aliphatic carbocycles. The lowest BCUT2D eigenvalue weighted by molar-refractivity contribution is 0.112. The number of aromatic nitrogens is 4. The molecule has 5 rings (SSSR count). The Kier molecular flexibility index (Phi) is 14.7. The molecule has 0 amide bonds. The van der Waals surface area contributed by atoms with Crippen molar-refractivity contribution < 1.29 is 32.4 Å². The van der Waals surface area contributed by atoms with Crippen LogP contribution in [0.3, 0.4) is 0 Å². The number of aryl methyl sites for hydroxylation is 1. The highest BCUT2D eigenvalue weighted by Crippen LogP contribution is 2.37. The highest BCUT2D eigenvalue weighted by atomic mass is 32.2. The number of hydrazone groups is 1. The van der Waals surface area contributed by atoms with Crippen LogP contribution in [-0.2, 0) is 10.1 Å². The number of nitrogens with zero attached hydrogens (tertiary/aromatic N) is 10. The standard InChI is InChI=1S/C37H38FN15O6S/c1-21-10-11-24(20-55)27(16-21)49-52-32(23-8-5-4-6-9-23)53-50-29-18-25(60(57,58)59)17-28(31(29)56)44-37-47-35(38)46-36(48-37)43-13-7-12-41-34-30(51-40-3)22(2)26(19-39)33(45-34)42-14-15-54/h4-6,8-11,16-18,20,50,54,56H,7,12-15H2,1-3H3,(H2,41,42,45)(H,57,58,59)(H2,43,44,46,47,48). The molecule has 60 heavy (non-hydrogen) atoms. The van der Waals surface area contributed by atoms with Gasteiger partial charge in [0.15, 0.2) is 17.9 Å². The number of hydrogen-bond acceptors (Lipinski definition) is 19. The molecule has 0 atom stereocenters. The van der Waals surface area contributed by atoms with Gasteiger partial charge in [0.1, 0.15) is 23.3 Å². The topological polar surface area (TPSA) is 309 Å². The van der Waals surface area contributed by atoms with Crippen LogP contribution < -0.4 is 26.7 Å². The molecular weight excluding hydrogens is 802 g/mol. The molecular formula is C37H38FN15O6S. The number of pyridine rings is 1. The van der Waals surface area contributed by atoms with E-state index in [0.29, 0.717) is 41.9 Å². The first-order chi connectivity index (χ1) is 28.8. The van der Waals surface area contributed by atoms with Gasteiger partial charge in [-0.25, -0.2) is 4.98 Å². The maximum Gasteiger partial charge on any atom is 0.315 e. The lowest BCUT2D eigenvalue weighted by Crippen LogP contribution is -2.15. The highest BCUT2D eigenvalue weighted by Gasteiger charge is 2.20. The van der Waals surface area contributed by atoms with Crippen molar-refractivity contribution in [1.29, 1.82) is 5.26 Å². The molecule has 0 fully saturated rings. The second-order valence-corrected chi connectivity index (χ2v) is 13.9. The van der Waals surface area contributed by atoms with E-state index >= 15 is 0 Å². The molecule has 0 saturated heterocycles. The number of amidine groups is 1. The first-order valence-corrected chi connectivity index (χ1v) is 19.3. The zero-order valence-electron chi connectivity index (χ0n) is 32.2. The Hall–Kier alpha value is -7.55. The third kappa shape index (κ3) is 11.3. The summed E-state index contributed by atoms with van der Waals surface area (Å²) >= 11 is 0. The van der Waals surface area contributed by atoms with Crippen LogP contribution in [0.5, 0.6) is 5.75 Å². The van der Waals surface area contributed by atoms with Crippen molar-refractivity contribution in [2.24, 2.45) is 25.6 Å². The molecule has 0 bridgehead atoms. The average molecular weight is 840 g/mol. The monoisotopic (exact) mass is 839 g/mol. The van der Waals surface area contributed by atoms with Crippen molar-refractivity contribution >= 4 is 68.5 Å². The van der Waals surface area contributed by atoms with Gasteiger partial charge < -0.3 is 31.5 Å². The number of aldehydes is 1. The van der Waals surface area contributed by atoms with Gasteiger partial charge in [-0.3, -0.25) is 14.8 Å². The SMILES string of the molecule is CN=Nc1c(NCCCNc2nc(F)nc(Nc3cc(S(=O)(=O)O)cc(NN=C(N=Nc4cc(C)ccc4C=O)c4ccccc4)c3O)n2)nc(NCCO)c(C#N)c1C. The minimum Gasteiger partial charge on any atom is -0.504 e. The summed E-state index contributed by atoms with van der Waals surface area (Å²) in [6, 6.07) is 17.3. The lowest BCUT2D eigenvalue weighted by atomic mass is 10.1. The molecule has 0 aliphatic heterocycles. The van der Waals surface area contributed by atoms with Gasteiger partial charge in [0, 0.05) is 43.4 Å². The number of phenols is 1. The Balaban J connectivity index is 1.35. The summed E-state index contributed by atoms with van der Waals surface area (Å²) < 4.78 is 49.2. The van der Waals surface area contributed by atoms with E-state index in [1.165, 1.54) is 7.05 Å². The molecule has 3 aromatic carbocycles. The van der Waals surface area contributed by atoms with E-state index in [1.54, 1.807) is 55.5 Å². The normalized spacial score (nSPS) is 11.7. The van der Waals surface area contributed by atoms with Crippen molar-refractivity contribution in [1.82, 2.24) is 19.9 Å². The minimum absolute atomic E-state index is 0.0411. The fraction of sp³-hybridized carbons (Fsp3) is 0.216. The highest BCUT2D eigenvalue weighted by molar-refractivity contribution is 7.85. The van der Waals surface area contributed by atoms with Crippen LogP contribution in [0.15, 0.2) is 91.1 Å². The van der Waals surface area contributed by atoms with Gasteiger partial charge in [-0.2, -0.15) is 48.4 Å². The number of aliphatic hydroxyl groups is 1. The van der Waals surface area contributed by atoms with Crippen molar-refractivity contribution in [2.45, 2.75) is 25.2 Å². The number of aliphatic hydroxyl groups excluding tert-OH is 1. The predicted molar refractivity (Wildman–Crippen MR) is 220 cm³/mol. The Morgan fingerprint density at radius 1 is 0.917 bits per heavy atom. The largest absolute Gasteiger partial charge is 0.504 e. The number of hydrogen-bond donors (Lipinski definition) is 8. The number of nitrogens with one attached hydrogen (secondary N) is 5. The summed E-state index contributed by atoms with van der Waals surface area (Å²) in [5, 5.41) is 62.1. The Bertz CT molecular complexity index is 2610. The van der Waals surface area contributed by atoms with E-state index in [0.717, 1.165) is 17.7 Å². The van der Waals surface area contributed by atoms with E-state index < -0.39 is 32.8 Å². The molecule has 0 radical (unpaired) electrons. The maximum absolute atomic E-state index is 14.7. The summed E-state index contributed by atoms with van der Waals surface area (Å²) in [6.45, 7) is 4.00. The number of phenolic OH excluding ortho intramolecular Hbond substituents is 1. The summed E-state index contributed by atoms with van der Waals surface area (Å²) in [6.07, 6.45) is -0.195. The Morgan fingerprint density at radius 2 is 1.63 bits per heavy atom.